The number of anilines is 1. The molecular formula is C22H26ClN3O2. The number of amides is 2. The Bertz CT molecular complexity index is 855. The first-order valence-electron chi connectivity index (χ1n) is 9.52. The second kappa shape index (κ2) is 9.22. The predicted octanol–water partition coefficient (Wildman–Crippen LogP) is 3.75. The first-order chi connectivity index (χ1) is 13.5. The SMILES string of the molecule is CN(CC(=O)Nc1ccccc1Cl)CC(=O)N(C)[C@@H]1CCCc2ccccc21. The lowest BCUT2D eigenvalue weighted by molar-refractivity contribution is -0.133. The molecule has 0 radical (unpaired) electrons. The fourth-order valence-electron chi connectivity index (χ4n) is 3.70. The summed E-state index contributed by atoms with van der Waals surface area (Å²) >= 11 is 6.07. The Kier molecular flexibility index (Phi) is 6.70. The van der Waals surface area contributed by atoms with Crippen LogP contribution in [-0.4, -0.2) is 48.8 Å². The van der Waals surface area contributed by atoms with Gasteiger partial charge in [0.2, 0.25) is 11.8 Å². The van der Waals surface area contributed by atoms with Crippen molar-refractivity contribution >= 4 is 29.1 Å². The molecule has 28 heavy (non-hydrogen) atoms. The highest BCUT2D eigenvalue weighted by molar-refractivity contribution is 6.33. The van der Waals surface area contributed by atoms with E-state index < -0.39 is 0 Å². The van der Waals surface area contributed by atoms with Crippen LogP contribution in [0.15, 0.2) is 48.5 Å². The molecule has 0 saturated heterocycles. The second-order valence-corrected chi connectivity index (χ2v) is 7.72. The van der Waals surface area contributed by atoms with Gasteiger partial charge in [-0.05, 0) is 49.6 Å². The van der Waals surface area contributed by atoms with E-state index in [1.54, 1.807) is 24.1 Å². The summed E-state index contributed by atoms with van der Waals surface area (Å²) < 4.78 is 0. The Morgan fingerprint density at radius 3 is 2.57 bits per heavy atom. The van der Waals surface area contributed by atoms with Gasteiger partial charge in [0.15, 0.2) is 0 Å². The molecule has 148 valence electrons. The van der Waals surface area contributed by atoms with E-state index in [-0.39, 0.29) is 30.9 Å². The van der Waals surface area contributed by atoms with Crippen molar-refractivity contribution in [2.24, 2.45) is 0 Å². The molecule has 0 spiro atoms. The number of nitrogens with zero attached hydrogens (tertiary/aromatic N) is 2. The number of benzene rings is 2. The van der Waals surface area contributed by atoms with Crippen molar-refractivity contribution in [1.82, 2.24) is 9.80 Å². The molecule has 0 bridgehead atoms. The summed E-state index contributed by atoms with van der Waals surface area (Å²) in [5, 5.41) is 3.27. The van der Waals surface area contributed by atoms with Crippen LogP contribution in [0.5, 0.6) is 0 Å². The summed E-state index contributed by atoms with van der Waals surface area (Å²) in [5.74, 6) is -0.191. The van der Waals surface area contributed by atoms with Crippen LogP contribution in [0.4, 0.5) is 5.69 Å². The van der Waals surface area contributed by atoms with Crippen LogP contribution in [0.1, 0.15) is 30.0 Å². The van der Waals surface area contributed by atoms with E-state index >= 15 is 0 Å². The van der Waals surface area contributed by atoms with Crippen LogP contribution in [0.25, 0.3) is 0 Å². The standard InChI is InChI=1S/C22H26ClN3O2/c1-25(14-21(27)24-19-12-6-5-11-18(19)23)15-22(28)26(2)20-13-7-9-16-8-3-4-10-17(16)20/h3-6,8,10-12,20H,7,9,13-15H2,1-2H3,(H,24,27)/t20-/m1/s1. The van der Waals surface area contributed by atoms with Gasteiger partial charge in [-0.15, -0.1) is 0 Å². The summed E-state index contributed by atoms with van der Waals surface area (Å²) in [4.78, 5) is 28.6. The van der Waals surface area contributed by atoms with Crippen LogP contribution < -0.4 is 5.32 Å². The molecule has 2 aromatic rings. The summed E-state index contributed by atoms with van der Waals surface area (Å²) in [5.41, 5.74) is 3.14. The molecule has 1 N–H and O–H groups in total. The number of fused-ring (bicyclic) bond motifs is 1. The number of carbonyl (C=O) groups excluding carboxylic acids is 2. The van der Waals surface area contributed by atoms with Gasteiger partial charge in [0, 0.05) is 7.05 Å². The average molecular weight is 400 g/mol. The number of nitrogens with one attached hydrogen (secondary N) is 1. The van der Waals surface area contributed by atoms with E-state index in [0.717, 1.165) is 19.3 Å². The molecule has 2 amide bonds. The normalized spacial score (nSPS) is 15.8. The number of aryl methyl sites for hydroxylation is 1. The largest absolute Gasteiger partial charge is 0.338 e. The Hall–Kier alpha value is -2.37. The average Bonchev–Trinajstić information content (AvgIpc) is 2.68. The Balaban J connectivity index is 1.55. The van der Waals surface area contributed by atoms with Gasteiger partial charge in [-0.1, -0.05) is 48.0 Å². The van der Waals surface area contributed by atoms with Crippen molar-refractivity contribution in [3.8, 4) is 0 Å². The number of carbonyl (C=O) groups is 2. The van der Waals surface area contributed by atoms with Crippen LogP contribution >= 0.6 is 11.6 Å². The lowest BCUT2D eigenvalue weighted by Crippen LogP contribution is -2.41. The quantitative estimate of drug-likeness (QED) is 0.804. The Morgan fingerprint density at radius 2 is 1.79 bits per heavy atom. The van der Waals surface area contributed by atoms with Crippen molar-refractivity contribution in [3.05, 3.63) is 64.7 Å². The molecule has 0 heterocycles. The van der Waals surface area contributed by atoms with Gasteiger partial charge in [-0.3, -0.25) is 14.5 Å². The van der Waals surface area contributed by atoms with Gasteiger partial charge in [-0.2, -0.15) is 0 Å². The van der Waals surface area contributed by atoms with Crippen LogP contribution in [-0.2, 0) is 16.0 Å². The van der Waals surface area contributed by atoms with Crippen molar-refractivity contribution in [3.63, 3.8) is 0 Å². The van der Waals surface area contributed by atoms with Crippen LogP contribution in [0.3, 0.4) is 0 Å². The topological polar surface area (TPSA) is 52.7 Å². The molecule has 2 aromatic carbocycles. The summed E-state index contributed by atoms with van der Waals surface area (Å²) in [6.45, 7) is 0.303. The maximum atomic E-state index is 12.8. The lowest BCUT2D eigenvalue weighted by Gasteiger charge is -2.34. The number of likely N-dealkylation sites (N-methyl/N-ethyl adjacent to an activating group) is 2. The lowest BCUT2D eigenvalue weighted by atomic mass is 9.87. The fourth-order valence-corrected chi connectivity index (χ4v) is 3.88. The van der Waals surface area contributed by atoms with Crippen molar-refractivity contribution in [2.75, 3.05) is 32.5 Å². The minimum atomic E-state index is -0.200. The predicted molar refractivity (Wildman–Crippen MR) is 112 cm³/mol. The molecule has 6 heteroatoms. The highest BCUT2D eigenvalue weighted by Crippen LogP contribution is 2.33. The maximum Gasteiger partial charge on any atom is 0.238 e. The van der Waals surface area contributed by atoms with E-state index in [1.165, 1.54) is 11.1 Å². The molecule has 0 aromatic heterocycles. The minimum absolute atomic E-state index is 0.00902. The summed E-state index contributed by atoms with van der Waals surface area (Å²) in [6.07, 6.45) is 3.11. The van der Waals surface area contributed by atoms with Crippen molar-refractivity contribution in [2.45, 2.75) is 25.3 Å². The van der Waals surface area contributed by atoms with Gasteiger partial charge < -0.3 is 10.2 Å². The monoisotopic (exact) mass is 399 g/mol. The molecule has 1 aliphatic carbocycles. The zero-order chi connectivity index (χ0) is 20.1. The first-order valence-corrected chi connectivity index (χ1v) is 9.90. The number of para-hydroxylation sites is 1. The highest BCUT2D eigenvalue weighted by atomic mass is 35.5. The second-order valence-electron chi connectivity index (χ2n) is 7.31. The van der Waals surface area contributed by atoms with Gasteiger partial charge in [0.1, 0.15) is 0 Å². The zero-order valence-electron chi connectivity index (χ0n) is 16.3. The van der Waals surface area contributed by atoms with Gasteiger partial charge in [0.25, 0.3) is 0 Å². The van der Waals surface area contributed by atoms with Crippen molar-refractivity contribution in [1.29, 1.82) is 0 Å². The maximum absolute atomic E-state index is 12.8. The van der Waals surface area contributed by atoms with Gasteiger partial charge in [0.05, 0.1) is 29.8 Å². The summed E-state index contributed by atoms with van der Waals surface area (Å²) in [6, 6.07) is 15.5. The number of halogens is 1. The number of hydrogen-bond acceptors (Lipinski definition) is 3. The molecule has 0 fully saturated rings. The third-order valence-electron chi connectivity index (χ3n) is 5.17. The third-order valence-corrected chi connectivity index (χ3v) is 5.49. The van der Waals surface area contributed by atoms with Crippen molar-refractivity contribution < 1.29 is 9.59 Å². The molecule has 3 rings (SSSR count). The van der Waals surface area contributed by atoms with Gasteiger partial charge in [-0.25, -0.2) is 0 Å². The van der Waals surface area contributed by atoms with E-state index in [4.69, 9.17) is 11.6 Å². The molecule has 0 aliphatic heterocycles. The summed E-state index contributed by atoms with van der Waals surface area (Å²) in [7, 11) is 3.62. The van der Waals surface area contributed by atoms with E-state index in [2.05, 4.69) is 23.5 Å². The molecule has 1 atom stereocenters. The molecule has 1 aliphatic rings. The Labute approximate surface area is 171 Å². The van der Waals surface area contributed by atoms with Crippen LogP contribution in [0, 0.1) is 0 Å². The van der Waals surface area contributed by atoms with E-state index in [0.29, 0.717) is 10.7 Å². The van der Waals surface area contributed by atoms with Gasteiger partial charge >= 0.3 is 0 Å². The minimum Gasteiger partial charge on any atom is -0.338 e. The first kappa shape index (κ1) is 20.4. The molecule has 0 saturated carbocycles. The third kappa shape index (κ3) is 4.91. The number of hydrogen-bond donors (Lipinski definition) is 1. The molecule has 5 nitrogen and oxygen atoms in total. The van der Waals surface area contributed by atoms with Crippen LogP contribution in [0.2, 0.25) is 5.02 Å². The molecule has 0 unspecified atom stereocenters. The van der Waals surface area contributed by atoms with E-state index in [1.807, 2.05) is 30.1 Å². The smallest absolute Gasteiger partial charge is 0.238 e. The van der Waals surface area contributed by atoms with E-state index in [9.17, 15) is 9.59 Å². The number of rotatable bonds is 6. The highest BCUT2D eigenvalue weighted by Gasteiger charge is 2.27. The fraction of sp³-hybridized carbons (Fsp3) is 0.364. The zero-order valence-corrected chi connectivity index (χ0v) is 17.1. The molecular weight excluding hydrogens is 374 g/mol. The Morgan fingerprint density at radius 1 is 1.07 bits per heavy atom.